The van der Waals surface area contributed by atoms with E-state index in [2.05, 4.69) is 5.32 Å². The van der Waals surface area contributed by atoms with Gasteiger partial charge in [0, 0.05) is 11.6 Å². The molecule has 0 unspecified atom stereocenters. The third kappa shape index (κ3) is 4.46. The molecule has 2 rings (SSSR count). The van der Waals surface area contributed by atoms with Crippen LogP contribution in [0.25, 0.3) is 0 Å². The Bertz CT molecular complexity index is 644. The number of hydrogen-bond donors (Lipinski definition) is 1. The quantitative estimate of drug-likeness (QED) is 0.866. The van der Waals surface area contributed by atoms with Crippen LogP contribution in [0.5, 0.6) is 5.75 Å². The van der Waals surface area contributed by atoms with Gasteiger partial charge in [-0.15, -0.1) is 0 Å². The zero-order valence-electron chi connectivity index (χ0n) is 12.2. The molecule has 0 saturated carbocycles. The Labute approximate surface area is 134 Å². The monoisotopic (exact) mass is 321 g/mol. The first-order valence-corrected chi connectivity index (χ1v) is 7.43. The number of benzene rings is 2. The number of hydrogen-bond acceptors (Lipinski definition) is 2. The summed E-state index contributed by atoms with van der Waals surface area (Å²) in [5.41, 5.74) is 0.843. The lowest BCUT2D eigenvalue weighted by Gasteiger charge is -2.08. The number of carbonyl (C=O) groups excluding carboxylic acids is 1. The van der Waals surface area contributed by atoms with Crippen molar-refractivity contribution in [3.05, 3.63) is 64.4 Å². The number of ether oxygens (including phenoxy) is 1. The summed E-state index contributed by atoms with van der Waals surface area (Å²) in [7, 11) is 0. The Hall–Kier alpha value is -2.07. The molecule has 22 heavy (non-hydrogen) atoms. The van der Waals surface area contributed by atoms with Gasteiger partial charge in [0.25, 0.3) is 5.91 Å². The summed E-state index contributed by atoms with van der Waals surface area (Å²) in [5, 5.41) is 2.99. The highest BCUT2D eigenvalue weighted by atomic mass is 35.5. The van der Waals surface area contributed by atoms with Gasteiger partial charge in [-0.05, 0) is 42.3 Å². The van der Waals surface area contributed by atoms with Gasteiger partial charge in [0.05, 0.1) is 12.2 Å². The Morgan fingerprint density at radius 3 is 2.64 bits per heavy atom. The summed E-state index contributed by atoms with van der Waals surface area (Å²) in [4.78, 5) is 12.0. The molecule has 2 aromatic carbocycles. The molecule has 0 bridgehead atoms. The lowest BCUT2D eigenvalue weighted by Crippen LogP contribution is -2.23. The third-order valence-corrected chi connectivity index (χ3v) is 3.26. The van der Waals surface area contributed by atoms with Crippen LogP contribution >= 0.6 is 11.6 Å². The number of carbonyl (C=O) groups is 1. The summed E-state index contributed by atoms with van der Waals surface area (Å²) < 4.78 is 19.1. The molecular formula is C17H17ClFNO2. The van der Waals surface area contributed by atoms with Gasteiger partial charge in [0.2, 0.25) is 0 Å². The first kappa shape index (κ1) is 16.3. The second-order valence-corrected chi connectivity index (χ2v) is 5.24. The van der Waals surface area contributed by atoms with Gasteiger partial charge in [0.15, 0.2) is 0 Å². The molecule has 0 saturated heterocycles. The Morgan fingerprint density at radius 2 is 1.95 bits per heavy atom. The SMILES string of the molecule is CCCOc1ccc(CNC(=O)c2cc(Cl)ccc2F)cc1. The molecule has 0 fully saturated rings. The summed E-state index contributed by atoms with van der Waals surface area (Å²) in [6.07, 6.45) is 0.947. The van der Waals surface area contributed by atoms with Crippen molar-refractivity contribution in [3.8, 4) is 5.75 Å². The Balaban J connectivity index is 1.94. The van der Waals surface area contributed by atoms with Crippen LogP contribution in [0.1, 0.15) is 29.3 Å². The zero-order chi connectivity index (χ0) is 15.9. The van der Waals surface area contributed by atoms with Gasteiger partial charge < -0.3 is 10.1 Å². The van der Waals surface area contributed by atoms with Gasteiger partial charge >= 0.3 is 0 Å². The molecule has 116 valence electrons. The zero-order valence-corrected chi connectivity index (χ0v) is 13.0. The van der Waals surface area contributed by atoms with E-state index in [1.807, 2.05) is 31.2 Å². The van der Waals surface area contributed by atoms with Crippen molar-refractivity contribution in [3.63, 3.8) is 0 Å². The minimum absolute atomic E-state index is 0.0598. The van der Waals surface area contributed by atoms with Crippen LogP contribution in [0.2, 0.25) is 5.02 Å². The number of amides is 1. The van der Waals surface area contributed by atoms with Crippen LogP contribution in [-0.2, 0) is 6.54 Å². The molecule has 0 spiro atoms. The standard InChI is InChI=1S/C17H17ClFNO2/c1-2-9-22-14-6-3-12(4-7-14)11-20-17(21)15-10-13(18)5-8-16(15)19/h3-8,10H,2,9,11H2,1H3,(H,20,21). The highest BCUT2D eigenvalue weighted by Crippen LogP contribution is 2.15. The van der Waals surface area contributed by atoms with Crippen LogP contribution in [0.15, 0.2) is 42.5 Å². The van der Waals surface area contributed by atoms with E-state index in [4.69, 9.17) is 16.3 Å². The molecule has 5 heteroatoms. The fraction of sp³-hybridized carbons (Fsp3) is 0.235. The normalized spacial score (nSPS) is 10.3. The highest BCUT2D eigenvalue weighted by molar-refractivity contribution is 6.30. The van der Waals surface area contributed by atoms with E-state index in [-0.39, 0.29) is 5.56 Å². The summed E-state index contributed by atoms with van der Waals surface area (Å²) >= 11 is 5.78. The molecular weight excluding hydrogens is 305 g/mol. The van der Waals surface area contributed by atoms with Crippen molar-refractivity contribution in [2.75, 3.05) is 6.61 Å². The van der Waals surface area contributed by atoms with Crippen LogP contribution in [0.4, 0.5) is 4.39 Å². The fourth-order valence-electron chi connectivity index (χ4n) is 1.87. The molecule has 0 aliphatic heterocycles. The molecule has 3 nitrogen and oxygen atoms in total. The van der Waals surface area contributed by atoms with Gasteiger partial charge in [-0.2, -0.15) is 0 Å². The average Bonchev–Trinajstić information content (AvgIpc) is 2.54. The first-order chi connectivity index (χ1) is 10.6. The Morgan fingerprint density at radius 1 is 1.23 bits per heavy atom. The number of halogens is 2. The molecule has 0 heterocycles. The lowest BCUT2D eigenvalue weighted by atomic mass is 10.1. The van der Waals surface area contributed by atoms with E-state index in [1.165, 1.54) is 18.2 Å². The first-order valence-electron chi connectivity index (χ1n) is 7.05. The predicted octanol–water partition coefficient (Wildman–Crippen LogP) is 4.20. The molecule has 1 N–H and O–H groups in total. The van der Waals surface area contributed by atoms with Crippen LogP contribution in [-0.4, -0.2) is 12.5 Å². The van der Waals surface area contributed by atoms with E-state index < -0.39 is 11.7 Å². The summed E-state index contributed by atoms with van der Waals surface area (Å²) in [6, 6.07) is 11.3. The number of rotatable bonds is 6. The molecule has 0 radical (unpaired) electrons. The van der Waals surface area contributed by atoms with Gasteiger partial charge in [0.1, 0.15) is 11.6 Å². The number of nitrogens with one attached hydrogen (secondary N) is 1. The maximum absolute atomic E-state index is 13.6. The molecule has 0 aliphatic carbocycles. The van der Waals surface area contributed by atoms with E-state index >= 15 is 0 Å². The molecule has 0 aliphatic rings. The fourth-order valence-corrected chi connectivity index (χ4v) is 2.04. The van der Waals surface area contributed by atoms with Crippen LogP contribution < -0.4 is 10.1 Å². The maximum atomic E-state index is 13.6. The minimum Gasteiger partial charge on any atom is -0.494 e. The van der Waals surface area contributed by atoms with Crippen molar-refractivity contribution < 1.29 is 13.9 Å². The van der Waals surface area contributed by atoms with Crippen molar-refractivity contribution in [1.29, 1.82) is 0 Å². The molecule has 0 atom stereocenters. The average molecular weight is 322 g/mol. The molecule has 1 amide bonds. The van der Waals surface area contributed by atoms with Crippen LogP contribution in [0.3, 0.4) is 0 Å². The van der Waals surface area contributed by atoms with E-state index in [9.17, 15) is 9.18 Å². The van der Waals surface area contributed by atoms with E-state index in [0.29, 0.717) is 18.2 Å². The molecule has 2 aromatic rings. The summed E-state index contributed by atoms with van der Waals surface area (Å²) in [5.74, 6) is -0.297. The predicted molar refractivity (Wildman–Crippen MR) is 84.8 cm³/mol. The minimum atomic E-state index is -0.592. The second-order valence-electron chi connectivity index (χ2n) is 4.80. The summed E-state index contributed by atoms with van der Waals surface area (Å²) in [6.45, 7) is 3.02. The van der Waals surface area contributed by atoms with Gasteiger partial charge in [-0.1, -0.05) is 30.7 Å². The maximum Gasteiger partial charge on any atom is 0.254 e. The third-order valence-electron chi connectivity index (χ3n) is 3.02. The Kier molecular flexibility index (Phi) is 5.78. The van der Waals surface area contributed by atoms with Crippen molar-refractivity contribution >= 4 is 17.5 Å². The van der Waals surface area contributed by atoms with Crippen molar-refractivity contribution in [2.45, 2.75) is 19.9 Å². The van der Waals surface area contributed by atoms with Gasteiger partial charge in [-0.3, -0.25) is 4.79 Å². The van der Waals surface area contributed by atoms with Crippen molar-refractivity contribution in [2.24, 2.45) is 0 Å². The highest BCUT2D eigenvalue weighted by Gasteiger charge is 2.11. The second kappa shape index (κ2) is 7.80. The smallest absolute Gasteiger partial charge is 0.254 e. The van der Waals surface area contributed by atoms with E-state index in [1.54, 1.807) is 0 Å². The largest absolute Gasteiger partial charge is 0.494 e. The van der Waals surface area contributed by atoms with Crippen LogP contribution in [0, 0.1) is 5.82 Å². The van der Waals surface area contributed by atoms with Gasteiger partial charge in [-0.25, -0.2) is 4.39 Å². The molecule has 0 aromatic heterocycles. The van der Waals surface area contributed by atoms with E-state index in [0.717, 1.165) is 17.7 Å². The van der Waals surface area contributed by atoms with Crippen molar-refractivity contribution in [1.82, 2.24) is 5.32 Å². The topological polar surface area (TPSA) is 38.3 Å². The lowest BCUT2D eigenvalue weighted by molar-refractivity contribution is 0.0947.